The van der Waals surface area contributed by atoms with Crippen molar-refractivity contribution < 1.29 is 14.7 Å². The summed E-state index contributed by atoms with van der Waals surface area (Å²) in [6.07, 6.45) is 0.462. The molecule has 0 fully saturated rings. The van der Waals surface area contributed by atoms with Crippen LogP contribution in [0, 0.1) is 5.92 Å². The van der Waals surface area contributed by atoms with E-state index in [9.17, 15) is 9.59 Å². The highest BCUT2D eigenvalue weighted by Crippen LogP contribution is 2.21. The summed E-state index contributed by atoms with van der Waals surface area (Å²) < 4.78 is 0.779. The number of carboxylic acids is 1. The molecule has 0 aliphatic rings. The molecule has 1 aromatic carbocycles. The first kappa shape index (κ1) is 15.0. The van der Waals surface area contributed by atoms with Crippen LogP contribution >= 0.6 is 27.5 Å². The topological polar surface area (TPSA) is 66.4 Å². The third-order valence-electron chi connectivity index (χ3n) is 2.53. The van der Waals surface area contributed by atoms with Crippen LogP contribution in [0.15, 0.2) is 22.7 Å². The van der Waals surface area contributed by atoms with Crippen molar-refractivity contribution in [3.05, 3.63) is 33.3 Å². The highest BCUT2D eigenvalue weighted by atomic mass is 79.9. The van der Waals surface area contributed by atoms with Crippen LogP contribution in [0.2, 0.25) is 5.02 Å². The van der Waals surface area contributed by atoms with E-state index in [2.05, 4.69) is 21.2 Å². The van der Waals surface area contributed by atoms with Crippen molar-refractivity contribution in [3.8, 4) is 0 Å². The van der Waals surface area contributed by atoms with Crippen LogP contribution in [0.4, 0.5) is 0 Å². The number of hydrogen-bond donors (Lipinski definition) is 2. The number of carboxylic acid groups (broad SMARTS) is 1. The normalized spacial score (nSPS) is 11.9. The maximum atomic E-state index is 11.8. The van der Waals surface area contributed by atoms with Crippen molar-refractivity contribution in [2.24, 2.45) is 5.92 Å². The number of benzene rings is 1. The van der Waals surface area contributed by atoms with Gasteiger partial charge in [0.25, 0.3) is 5.91 Å². The molecule has 2 N–H and O–H groups in total. The summed E-state index contributed by atoms with van der Waals surface area (Å²) in [6.45, 7) is 1.86. The van der Waals surface area contributed by atoms with E-state index in [-0.39, 0.29) is 12.5 Å². The van der Waals surface area contributed by atoms with Crippen LogP contribution < -0.4 is 5.32 Å². The van der Waals surface area contributed by atoms with Crippen LogP contribution in [-0.4, -0.2) is 23.5 Å². The Morgan fingerprint density at radius 3 is 2.67 bits per heavy atom. The van der Waals surface area contributed by atoms with Crippen molar-refractivity contribution in [1.29, 1.82) is 0 Å². The van der Waals surface area contributed by atoms with Crippen LogP contribution in [0.1, 0.15) is 23.7 Å². The zero-order chi connectivity index (χ0) is 13.7. The predicted molar refractivity (Wildman–Crippen MR) is 72.9 cm³/mol. The van der Waals surface area contributed by atoms with E-state index in [1.54, 1.807) is 25.1 Å². The second-order valence-corrected chi connectivity index (χ2v) is 5.10. The van der Waals surface area contributed by atoms with Crippen molar-refractivity contribution in [3.63, 3.8) is 0 Å². The van der Waals surface area contributed by atoms with Crippen LogP contribution in [0.25, 0.3) is 0 Å². The van der Waals surface area contributed by atoms with Crippen molar-refractivity contribution in [2.75, 3.05) is 6.54 Å². The number of nitrogens with one attached hydrogen (secondary N) is 1. The smallest absolute Gasteiger partial charge is 0.308 e. The van der Waals surface area contributed by atoms with E-state index in [0.29, 0.717) is 17.0 Å². The molecule has 0 aliphatic heterocycles. The molecule has 1 aromatic rings. The third-order valence-corrected chi connectivity index (χ3v) is 3.33. The zero-order valence-corrected chi connectivity index (χ0v) is 12.1. The van der Waals surface area contributed by atoms with E-state index >= 15 is 0 Å². The fourth-order valence-corrected chi connectivity index (χ4v) is 2.15. The number of hydrogen-bond acceptors (Lipinski definition) is 2. The fraction of sp³-hybridized carbons (Fsp3) is 0.333. The van der Waals surface area contributed by atoms with Gasteiger partial charge in [-0.25, -0.2) is 0 Å². The average Bonchev–Trinajstić information content (AvgIpc) is 2.28. The van der Waals surface area contributed by atoms with Gasteiger partial charge in [0.1, 0.15) is 0 Å². The van der Waals surface area contributed by atoms with Gasteiger partial charge in [-0.1, -0.05) is 34.5 Å². The quantitative estimate of drug-likeness (QED) is 0.870. The minimum Gasteiger partial charge on any atom is -0.481 e. The lowest BCUT2D eigenvalue weighted by Gasteiger charge is -2.11. The Bertz CT molecular complexity index is 465. The van der Waals surface area contributed by atoms with Gasteiger partial charge in [0, 0.05) is 11.0 Å². The number of rotatable bonds is 5. The van der Waals surface area contributed by atoms with Crippen LogP contribution in [0.3, 0.4) is 0 Å². The van der Waals surface area contributed by atoms with Gasteiger partial charge in [0.2, 0.25) is 0 Å². The molecule has 0 spiro atoms. The third kappa shape index (κ3) is 3.99. The Kier molecular flexibility index (Phi) is 5.62. The number of carbonyl (C=O) groups excluding carboxylic acids is 1. The Morgan fingerprint density at radius 2 is 2.17 bits per heavy atom. The first-order valence-corrected chi connectivity index (χ1v) is 6.58. The van der Waals surface area contributed by atoms with Gasteiger partial charge in [-0.3, -0.25) is 9.59 Å². The summed E-state index contributed by atoms with van der Waals surface area (Å²) in [5.41, 5.74) is 0.333. The molecule has 18 heavy (non-hydrogen) atoms. The molecule has 0 heterocycles. The summed E-state index contributed by atoms with van der Waals surface area (Å²) in [4.78, 5) is 22.6. The van der Waals surface area contributed by atoms with Gasteiger partial charge in [-0.05, 0) is 24.6 Å². The van der Waals surface area contributed by atoms with Crippen molar-refractivity contribution >= 4 is 39.4 Å². The second-order valence-electron chi connectivity index (χ2n) is 3.78. The predicted octanol–water partition coefficient (Wildman–Crippen LogP) is 2.94. The largest absolute Gasteiger partial charge is 0.481 e. The minimum atomic E-state index is -0.917. The number of halogens is 2. The van der Waals surface area contributed by atoms with E-state index < -0.39 is 11.9 Å². The molecule has 1 unspecified atom stereocenters. The van der Waals surface area contributed by atoms with Crippen LogP contribution in [-0.2, 0) is 4.79 Å². The van der Waals surface area contributed by atoms with Gasteiger partial charge >= 0.3 is 5.97 Å². The van der Waals surface area contributed by atoms with Gasteiger partial charge in [-0.15, -0.1) is 0 Å². The number of carbonyl (C=O) groups is 2. The molecular weight excluding hydrogens is 321 g/mol. The standard InChI is InChI=1S/C12H13BrClNO3/c1-2-7(12(17)18)6-15-11(16)9-4-3-8(13)5-10(9)14/h3-5,7H,2,6H2,1H3,(H,15,16)(H,17,18). The molecule has 0 radical (unpaired) electrons. The molecule has 0 aromatic heterocycles. The molecule has 98 valence electrons. The van der Waals surface area contributed by atoms with Gasteiger partial charge in [0.15, 0.2) is 0 Å². The SMILES string of the molecule is CCC(CNC(=O)c1ccc(Br)cc1Cl)C(=O)O. The summed E-state index contributed by atoms with van der Waals surface area (Å²) in [5.74, 6) is -1.87. The number of aliphatic carboxylic acids is 1. The Balaban J connectivity index is 2.68. The summed E-state index contributed by atoms with van der Waals surface area (Å²) in [6, 6.07) is 4.91. The maximum Gasteiger partial charge on any atom is 0.308 e. The van der Waals surface area contributed by atoms with Gasteiger partial charge < -0.3 is 10.4 Å². The summed E-state index contributed by atoms with van der Waals surface area (Å²) in [7, 11) is 0. The Morgan fingerprint density at radius 1 is 1.50 bits per heavy atom. The molecule has 1 amide bonds. The Hall–Kier alpha value is -1.07. The summed E-state index contributed by atoms with van der Waals surface area (Å²) >= 11 is 9.17. The molecule has 6 heteroatoms. The lowest BCUT2D eigenvalue weighted by Crippen LogP contribution is -2.32. The molecule has 1 rings (SSSR count). The first-order valence-electron chi connectivity index (χ1n) is 5.41. The lowest BCUT2D eigenvalue weighted by atomic mass is 10.1. The molecule has 1 atom stereocenters. The first-order chi connectivity index (χ1) is 8.45. The monoisotopic (exact) mass is 333 g/mol. The zero-order valence-electron chi connectivity index (χ0n) is 9.74. The molecule has 0 aliphatic carbocycles. The van der Waals surface area contributed by atoms with E-state index in [0.717, 1.165) is 4.47 Å². The van der Waals surface area contributed by atoms with Crippen molar-refractivity contribution in [2.45, 2.75) is 13.3 Å². The molecule has 0 bridgehead atoms. The van der Waals surface area contributed by atoms with Gasteiger partial charge in [-0.2, -0.15) is 0 Å². The fourth-order valence-electron chi connectivity index (χ4n) is 1.39. The van der Waals surface area contributed by atoms with Crippen LogP contribution in [0.5, 0.6) is 0 Å². The lowest BCUT2D eigenvalue weighted by molar-refractivity contribution is -0.141. The highest BCUT2D eigenvalue weighted by Gasteiger charge is 2.17. The Labute approximate surface area is 118 Å². The molecular formula is C12H13BrClNO3. The minimum absolute atomic E-state index is 0.0943. The maximum absolute atomic E-state index is 11.8. The number of amides is 1. The van der Waals surface area contributed by atoms with Crippen molar-refractivity contribution in [1.82, 2.24) is 5.32 Å². The highest BCUT2D eigenvalue weighted by molar-refractivity contribution is 9.10. The average molecular weight is 335 g/mol. The van der Waals surface area contributed by atoms with E-state index in [1.165, 1.54) is 0 Å². The molecule has 0 saturated carbocycles. The second kappa shape index (κ2) is 6.75. The van der Waals surface area contributed by atoms with E-state index in [4.69, 9.17) is 16.7 Å². The summed E-state index contributed by atoms with van der Waals surface area (Å²) in [5, 5.41) is 11.8. The molecule has 4 nitrogen and oxygen atoms in total. The van der Waals surface area contributed by atoms with E-state index in [1.807, 2.05) is 0 Å². The molecule has 0 saturated heterocycles. The van der Waals surface area contributed by atoms with Gasteiger partial charge in [0.05, 0.1) is 16.5 Å².